The van der Waals surface area contributed by atoms with Crippen LogP contribution in [0.1, 0.15) is 129 Å². The van der Waals surface area contributed by atoms with Crippen LogP contribution >= 0.6 is 0 Å². The van der Waals surface area contributed by atoms with Crippen molar-refractivity contribution in [3.63, 3.8) is 0 Å². The fourth-order valence-corrected chi connectivity index (χ4v) is 12.3. The predicted molar refractivity (Wildman–Crippen MR) is 283 cm³/mol. The number of aromatic nitrogens is 2. The van der Waals surface area contributed by atoms with E-state index >= 15 is 4.39 Å². The first-order chi connectivity index (χ1) is 35.6. The maximum Gasteiger partial charge on any atom is 0.272 e. The smallest absolute Gasteiger partial charge is 0.272 e. The van der Waals surface area contributed by atoms with Crippen LogP contribution < -0.4 is 10.9 Å². The van der Waals surface area contributed by atoms with Gasteiger partial charge in [-0.1, -0.05) is 76.4 Å². The van der Waals surface area contributed by atoms with Gasteiger partial charge in [0.15, 0.2) is 0 Å². The van der Waals surface area contributed by atoms with Crippen LogP contribution in [0.5, 0.6) is 0 Å². The molecule has 3 aromatic carbocycles. The van der Waals surface area contributed by atoms with E-state index in [4.69, 9.17) is 0 Å². The van der Waals surface area contributed by atoms with Gasteiger partial charge in [0.25, 0.3) is 17.4 Å². The largest absolute Gasteiger partial charge is 0.342 e. The number of H-pyrrole nitrogens is 1. The van der Waals surface area contributed by atoms with E-state index in [1.165, 1.54) is 6.07 Å². The van der Waals surface area contributed by atoms with Crippen LogP contribution in [0.15, 0.2) is 71.5 Å². The van der Waals surface area contributed by atoms with Crippen molar-refractivity contribution in [2.75, 3.05) is 85.1 Å². The standard InChI is InChI=1S/C58H76FN9O6/c1-39-35-64(26-31-68(39)56(73)52(42-12-6-5-7-13-42)60-53(70)44-15-10-14-43(34-44)45-16-11-23-67(37-45)57(74)58(2,3)4)36-40-21-24-63(25-22-40)38-51(69)65-27-29-66(30-28-65)55(72)48-32-41(19-20-49(48)59)33-50-46-17-8-9-18-47(46)54(71)62-61-50/h8-10,14-15,17-20,32,34,39-40,42,45,52H,5-7,11-13,16,21-31,33,35-38H2,1-4H3,(H,60,70)(H,62,71)/t39-,45-,52-/m1/s1. The summed E-state index contributed by atoms with van der Waals surface area (Å²) >= 11 is 0. The molecule has 74 heavy (non-hydrogen) atoms. The van der Waals surface area contributed by atoms with Crippen molar-refractivity contribution in [2.45, 2.75) is 110 Å². The van der Waals surface area contributed by atoms with E-state index in [1.807, 2.05) is 65.8 Å². The Bertz CT molecular complexity index is 2740. The van der Waals surface area contributed by atoms with Gasteiger partial charge in [0.05, 0.1) is 23.2 Å². The Morgan fingerprint density at radius 1 is 0.743 bits per heavy atom. The second kappa shape index (κ2) is 23.3. The fraction of sp³-hybridized carbons (Fsp3) is 0.569. The van der Waals surface area contributed by atoms with Crippen LogP contribution in [0.4, 0.5) is 4.39 Å². The number of nitrogens with zero attached hydrogens (tertiary/aromatic N) is 7. The third-order valence-corrected chi connectivity index (χ3v) is 16.5. The van der Waals surface area contributed by atoms with E-state index in [0.717, 1.165) is 103 Å². The second-order valence-corrected chi connectivity index (χ2v) is 22.9. The Balaban J connectivity index is 0.721. The lowest BCUT2D eigenvalue weighted by molar-refractivity contribution is -0.141. The van der Waals surface area contributed by atoms with E-state index in [2.05, 4.69) is 38.3 Å². The van der Waals surface area contributed by atoms with Gasteiger partial charge in [-0.25, -0.2) is 9.49 Å². The minimum absolute atomic E-state index is 0.00230. The Morgan fingerprint density at radius 3 is 2.20 bits per heavy atom. The molecule has 0 radical (unpaired) electrons. The van der Waals surface area contributed by atoms with Crippen molar-refractivity contribution in [3.8, 4) is 0 Å². The Kier molecular flexibility index (Phi) is 16.6. The molecule has 0 spiro atoms. The van der Waals surface area contributed by atoms with Crippen LogP contribution in [0, 0.1) is 23.1 Å². The Labute approximate surface area is 435 Å². The summed E-state index contributed by atoms with van der Waals surface area (Å²) in [7, 11) is 0. The molecule has 15 nitrogen and oxygen atoms in total. The summed E-state index contributed by atoms with van der Waals surface area (Å²) < 4.78 is 15.1. The van der Waals surface area contributed by atoms with Crippen molar-refractivity contribution in [3.05, 3.63) is 111 Å². The van der Waals surface area contributed by atoms with Crippen molar-refractivity contribution < 1.29 is 28.4 Å². The molecule has 4 aromatic rings. The van der Waals surface area contributed by atoms with Crippen LogP contribution in [0.25, 0.3) is 10.8 Å². The van der Waals surface area contributed by atoms with E-state index in [-0.39, 0.29) is 52.6 Å². The highest BCUT2D eigenvalue weighted by Gasteiger charge is 2.39. The third-order valence-electron chi connectivity index (χ3n) is 16.5. The molecule has 1 saturated carbocycles. The summed E-state index contributed by atoms with van der Waals surface area (Å²) in [6, 6.07) is 18.9. The first-order valence-corrected chi connectivity index (χ1v) is 27.4. The van der Waals surface area contributed by atoms with E-state index < -0.39 is 23.2 Å². The number of carbonyl (C=O) groups is 5. The quantitative estimate of drug-likeness (QED) is 0.166. The molecule has 5 heterocycles. The number of rotatable bonds is 12. The zero-order valence-corrected chi connectivity index (χ0v) is 44.0. The summed E-state index contributed by atoms with van der Waals surface area (Å²) in [5.74, 6) is -0.282. The van der Waals surface area contributed by atoms with Crippen molar-refractivity contribution in [2.24, 2.45) is 17.3 Å². The summed E-state index contributed by atoms with van der Waals surface area (Å²) in [4.78, 5) is 93.4. The molecular formula is C58H76FN9O6. The van der Waals surface area contributed by atoms with Gasteiger partial charge in [0.2, 0.25) is 17.7 Å². The Morgan fingerprint density at radius 2 is 1.47 bits per heavy atom. The number of piperidine rings is 2. The molecule has 4 saturated heterocycles. The number of carbonyl (C=O) groups excluding carboxylic acids is 5. The SMILES string of the molecule is C[C@@H]1CN(CC2CCN(CC(=O)N3CCN(C(=O)c4cc(Cc5n[nH]c(=O)c6ccccc56)ccc4F)CC3)CC2)CCN1C(=O)[C@H](NC(=O)c1cccc([C@@H]2CCCN(C(=O)C(C)(C)C)C2)c1)C1CCCCC1. The topological polar surface area (TPSA) is 163 Å². The highest BCUT2D eigenvalue weighted by molar-refractivity contribution is 5.98. The molecule has 3 atom stereocenters. The van der Waals surface area contributed by atoms with Gasteiger partial charge in [0.1, 0.15) is 11.9 Å². The van der Waals surface area contributed by atoms with Crippen LogP contribution in [0.2, 0.25) is 0 Å². The van der Waals surface area contributed by atoms with Gasteiger partial charge >= 0.3 is 0 Å². The number of nitrogens with one attached hydrogen (secondary N) is 2. The number of hydrogen-bond donors (Lipinski definition) is 2. The van der Waals surface area contributed by atoms with Crippen molar-refractivity contribution >= 4 is 40.3 Å². The molecule has 1 aliphatic carbocycles. The van der Waals surface area contributed by atoms with Gasteiger partial charge in [0, 0.05) is 100 Å². The third kappa shape index (κ3) is 12.4. The number of halogens is 1. The van der Waals surface area contributed by atoms with Gasteiger partial charge in [-0.3, -0.25) is 38.6 Å². The van der Waals surface area contributed by atoms with Crippen molar-refractivity contribution in [1.29, 1.82) is 0 Å². The fourth-order valence-electron chi connectivity index (χ4n) is 12.3. The maximum atomic E-state index is 15.1. The number of aromatic amines is 1. The molecule has 5 fully saturated rings. The van der Waals surface area contributed by atoms with E-state index in [1.54, 1.807) is 29.2 Å². The molecule has 4 aliphatic heterocycles. The molecule has 1 aromatic heterocycles. The number of piperazine rings is 2. The van der Waals surface area contributed by atoms with Gasteiger partial charge < -0.3 is 24.9 Å². The number of hydrogen-bond acceptors (Lipinski definition) is 9. The minimum atomic E-state index is -0.606. The number of amides is 5. The molecule has 0 bridgehead atoms. The first-order valence-electron chi connectivity index (χ1n) is 27.4. The maximum absolute atomic E-state index is 15.1. The molecular weight excluding hydrogens is 938 g/mol. The summed E-state index contributed by atoms with van der Waals surface area (Å²) in [6.07, 6.45) is 9.26. The number of fused-ring (bicyclic) bond motifs is 1. The zero-order chi connectivity index (χ0) is 52.1. The zero-order valence-electron chi connectivity index (χ0n) is 44.0. The van der Waals surface area contributed by atoms with Gasteiger partial charge in [-0.15, -0.1) is 0 Å². The second-order valence-electron chi connectivity index (χ2n) is 22.9. The van der Waals surface area contributed by atoms with Crippen LogP contribution in [-0.2, 0) is 20.8 Å². The number of benzene rings is 3. The number of likely N-dealkylation sites (tertiary alicyclic amines) is 2. The van der Waals surface area contributed by atoms with Crippen LogP contribution in [0.3, 0.4) is 0 Å². The lowest BCUT2D eigenvalue weighted by atomic mass is 9.82. The highest BCUT2D eigenvalue weighted by Crippen LogP contribution is 2.32. The lowest BCUT2D eigenvalue weighted by Gasteiger charge is -2.44. The monoisotopic (exact) mass is 1010 g/mol. The summed E-state index contributed by atoms with van der Waals surface area (Å²) in [6.45, 7) is 15.9. The minimum Gasteiger partial charge on any atom is -0.342 e. The van der Waals surface area contributed by atoms with Gasteiger partial charge in [-0.2, -0.15) is 5.10 Å². The molecule has 16 heteroatoms. The molecule has 396 valence electrons. The average molecular weight is 1010 g/mol. The normalized spacial score (nSPS) is 21.4. The summed E-state index contributed by atoms with van der Waals surface area (Å²) in [5.41, 5.74) is 2.19. The molecule has 5 amide bonds. The Hall–Kier alpha value is -6.00. The first kappa shape index (κ1) is 52.8. The average Bonchev–Trinajstić information content (AvgIpc) is 3.41. The van der Waals surface area contributed by atoms with E-state index in [0.29, 0.717) is 85.7 Å². The molecule has 5 aliphatic rings. The van der Waals surface area contributed by atoms with Crippen molar-refractivity contribution in [1.82, 2.24) is 44.9 Å². The van der Waals surface area contributed by atoms with Crippen LogP contribution in [-0.4, -0.2) is 166 Å². The van der Waals surface area contributed by atoms with Gasteiger partial charge in [-0.05, 0) is 112 Å². The summed E-state index contributed by atoms with van der Waals surface area (Å²) in [5, 5.41) is 11.3. The predicted octanol–water partition coefficient (Wildman–Crippen LogP) is 6.31. The lowest BCUT2D eigenvalue weighted by Crippen LogP contribution is -2.60. The molecule has 0 unspecified atom stereocenters. The molecule has 2 N–H and O–H groups in total. The molecule has 9 rings (SSSR count). The van der Waals surface area contributed by atoms with E-state index in [9.17, 15) is 28.8 Å². The highest BCUT2D eigenvalue weighted by atomic mass is 19.1.